The molecule has 0 spiro atoms. The molecule has 0 bridgehead atoms. The summed E-state index contributed by atoms with van der Waals surface area (Å²) in [6.45, 7) is 4.29. The number of aliphatic hydroxyl groups is 1. The zero-order valence-electron chi connectivity index (χ0n) is 12.1. The van der Waals surface area contributed by atoms with Crippen molar-refractivity contribution >= 4 is 15.7 Å². The van der Waals surface area contributed by atoms with Crippen LogP contribution in [0, 0.1) is 12.8 Å². The maximum absolute atomic E-state index is 12.2. The van der Waals surface area contributed by atoms with Gasteiger partial charge in [0.05, 0.1) is 5.69 Å². The van der Waals surface area contributed by atoms with Crippen molar-refractivity contribution in [3.05, 3.63) is 23.8 Å². The molecule has 1 aromatic carbocycles. The van der Waals surface area contributed by atoms with E-state index in [1.807, 2.05) is 13.8 Å². The third kappa shape index (κ3) is 4.77. The van der Waals surface area contributed by atoms with Crippen molar-refractivity contribution in [2.24, 2.45) is 5.92 Å². The van der Waals surface area contributed by atoms with Crippen molar-refractivity contribution < 1.29 is 13.5 Å². The molecule has 0 aliphatic heterocycles. The van der Waals surface area contributed by atoms with E-state index in [0.717, 1.165) is 18.4 Å². The summed E-state index contributed by atoms with van der Waals surface area (Å²) in [5.41, 5.74) is 6.95. The van der Waals surface area contributed by atoms with Crippen LogP contribution in [0.1, 0.15) is 31.7 Å². The summed E-state index contributed by atoms with van der Waals surface area (Å²) < 4.78 is 27.0. The predicted molar refractivity (Wildman–Crippen MR) is 80.9 cm³/mol. The van der Waals surface area contributed by atoms with Gasteiger partial charge in [-0.2, -0.15) is 0 Å². The van der Waals surface area contributed by atoms with Crippen LogP contribution in [0.25, 0.3) is 0 Å². The second-order valence-electron chi connectivity index (χ2n) is 5.06. The monoisotopic (exact) mass is 300 g/mol. The van der Waals surface area contributed by atoms with Gasteiger partial charge in [-0.15, -0.1) is 0 Å². The molecule has 0 saturated carbocycles. The molecule has 0 heterocycles. The van der Waals surface area contributed by atoms with Gasteiger partial charge in [0, 0.05) is 13.2 Å². The van der Waals surface area contributed by atoms with E-state index in [-0.39, 0.29) is 23.1 Å². The number of rotatable bonds is 8. The fourth-order valence-corrected chi connectivity index (χ4v) is 3.38. The van der Waals surface area contributed by atoms with E-state index in [2.05, 4.69) is 4.72 Å². The standard InChI is InChI=1S/C14H24N2O3S/c1-3-4-12(7-8-17)10-16-20(18,19)14-6-5-11(2)9-13(14)15/h5-6,9,12,16-17H,3-4,7-8,10,15H2,1-2H3. The topological polar surface area (TPSA) is 92.4 Å². The predicted octanol–water partition coefficient (Wildman–Crippen LogP) is 1.65. The molecule has 0 radical (unpaired) electrons. The molecule has 20 heavy (non-hydrogen) atoms. The highest BCUT2D eigenvalue weighted by Gasteiger charge is 2.19. The molecule has 0 fully saturated rings. The number of hydrogen-bond acceptors (Lipinski definition) is 4. The Morgan fingerprint density at radius 1 is 1.35 bits per heavy atom. The first-order chi connectivity index (χ1) is 9.40. The lowest BCUT2D eigenvalue weighted by Gasteiger charge is -2.16. The number of benzene rings is 1. The summed E-state index contributed by atoms with van der Waals surface area (Å²) in [6.07, 6.45) is 2.44. The Morgan fingerprint density at radius 3 is 2.60 bits per heavy atom. The Bertz CT molecular complexity index is 523. The van der Waals surface area contributed by atoms with Gasteiger partial charge in [-0.05, 0) is 43.4 Å². The number of nitrogens with one attached hydrogen (secondary N) is 1. The van der Waals surface area contributed by atoms with Gasteiger partial charge in [0.15, 0.2) is 0 Å². The van der Waals surface area contributed by atoms with Crippen LogP contribution in [0.4, 0.5) is 5.69 Å². The van der Waals surface area contributed by atoms with Gasteiger partial charge in [0.25, 0.3) is 0 Å². The zero-order valence-corrected chi connectivity index (χ0v) is 12.9. The summed E-state index contributed by atoms with van der Waals surface area (Å²) in [4.78, 5) is 0.113. The smallest absolute Gasteiger partial charge is 0.242 e. The maximum atomic E-state index is 12.2. The second kappa shape index (κ2) is 7.61. The van der Waals surface area contributed by atoms with Crippen molar-refractivity contribution in [2.45, 2.75) is 38.0 Å². The van der Waals surface area contributed by atoms with E-state index < -0.39 is 10.0 Å². The molecule has 114 valence electrons. The normalized spacial score (nSPS) is 13.3. The largest absolute Gasteiger partial charge is 0.398 e. The van der Waals surface area contributed by atoms with E-state index in [0.29, 0.717) is 13.0 Å². The number of nitrogen functional groups attached to an aromatic ring is 1. The van der Waals surface area contributed by atoms with Gasteiger partial charge >= 0.3 is 0 Å². The van der Waals surface area contributed by atoms with Crippen molar-refractivity contribution in [1.82, 2.24) is 4.72 Å². The van der Waals surface area contributed by atoms with Crippen molar-refractivity contribution in [3.8, 4) is 0 Å². The maximum Gasteiger partial charge on any atom is 0.242 e. The van der Waals surface area contributed by atoms with Crippen LogP contribution in [0.15, 0.2) is 23.1 Å². The Morgan fingerprint density at radius 2 is 2.05 bits per heavy atom. The zero-order chi connectivity index (χ0) is 15.2. The van der Waals surface area contributed by atoms with Gasteiger partial charge < -0.3 is 10.8 Å². The van der Waals surface area contributed by atoms with Gasteiger partial charge in [-0.3, -0.25) is 0 Å². The van der Waals surface area contributed by atoms with Crippen LogP contribution in [0.3, 0.4) is 0 Å². The summed E-state index contributed by atoms with van der Waals surface area (Å²) in [5.74, 6) is 0.145. The second-order valence-corrected chi connectivity index (χ2v) is 6.80. The minimum Gasteiger partial charge on any atom is -0.398 e. The molecule has 1 atom stereocenters. The van der Waals surface area contributed by atoms with E-state index in [4.69, 9.17) is 10.8 Å². The van der Waals surface area contributed by atoms with Gasteiger partial charge in [0.2, 0.25) is 10.0 Å². The lowest BCUT2D eigenvalue weighted by Crippen LogP contribution is -2.30. The molecule has 1 aromatic rings. The Labute approximate surface area is 121 Å². The van der Waals surface area contributed by atoms with Gasteiger partial charge in [-0.1, -0.05) is 19.4 Å². The number of nitrogens with two attached hydrogens (primary N) is 1. The van der Waals surface area contributed by atoms with Crippen LogP contribution in [-0.2, 0) is 10.0 Å². The SMILES string of the molecule is CCCC(CCO)CNS(=O)(=O)c1ccc(C)cc1N. The first-order valence-electron chi connectivity index (χ1n) is 6.87. The number of hydrogen-bond donors (Lipinski definition) is 3. The molecule has 0 saturated heterocycles. The number of aliphatic hydroxyl groups excluding tert-OH is 1. The summed E-state index contributed by atoms with van der Waals surface area (Å²) in [5, 5.41) is 8.99. The van der Waals surface area contributed by atoms with E-state index in [1.165, 1.54) is 6.07 Å². The minimum absolute atomic E-state index is 0.0685. The molecule has 1 unspecified atom stereocenters. The Balaban J connectivity index is 2.78. The molecule has 5 nitrogen and oxygen atoms in total. The molecule has 0 amide bonds. The van der Waals surface area contributed by atoms with Crippen LogP contribution < -0.4 is 10.5 Å². The average molecular weight is 300 g/mol. The highest BCUT2D eigenvalue weighted by atomic mass is 32.2. The molecule has 0 aromatic heterocycles. The molecule has 1 rings (SSSR count). The van der Waals surface area contributed by atoms with E-state index >= 15 is 0 Å². The van der Waals surface area contributed by atoms with E-state index in [1.54, 1.807) is 12.1 Å². The quantitative estimate of drug-likeness (QED) is 0.637. The Kier molecular flexibility index (Phi) is 6.45. The van der Waals surface area contributed by atoms with E-state index in [9.17, 15) is 8.42 Å². The van der Waals surface area contributed by atoms with Crippen molar-refractivity contribution in [3.63, 3.8) is 0 Å². The van der Waals surface area contributed by atoms with Gasteiger partial charge in [0.1, 0.15) is 4.90 Å². The third-order valence-electron chi connectivity index (χ3n) is 3.25. The molecular formula is C14H24N2O3S. The fourth-order valence-electron chi connectivity index (χ4n) is 2.16. The lowest BCUT2D eigenvalue weighted by molar-refractivity contribution is 0.251. The first kappa shape index (κ1) is 16.9. The van der Waals surface area contributed by atoms with Crippen molar-refractivity contribution in [2.75, 3.05) is 18.9 Å². The first-order valence-corrected chi connectivity index (χ1v) is 8.35. The van der Waals surface area contributed by atoms with Crippen LogP contribution in [0.5, 0.6) is 0 Å². The molecule has 0 aliphatic carbocycles. The van der Waals surface area contributed by atoms with Crippen LogP contribution >= 0.6 is 0 Å². The van der Waals surface area contributed by atoms with Crippen molar-refractivity contribution in [1.29, 1.82) is 0 Å². The highest BCUT2D eigenvalue weighted by Crippen LogP contribution is 2.20. The Hall–Kier alpha value is -1.11. The number of anilines is 1. The van der Waals surface area contributed by atoms with Gasteiger partial charge in [-0.25, -0.2) is 13.1 Å². The minimum atomic E-state index is -3.60. The number of aryl methyl sites for hydroxylation is 1. The summed E-state index contributed by atoms with van der Waals surface area (Å²) in [7, 11) is -3.60. The fraction of sp³-hybridized carbons (Fsp3) is 0.571. The van der Waals surface area contributed by atoms with Crippen LogP contribution in [0.2, 0.25) is 0 Å². The number of sulfonamides is 1. The molecule has 6 heteroatoms. The average Bonchev–Trinajstić information content (AvgIpc) is 2.36. The molecule has 4 N–H and O–H groups in total. The molecule has 0 aliphatic rings. The summed E-state index contributed by atoms with van der Waals surface area (Å²) >= 11 is 0. The summed E-state index contributed by atoms with van der Waals surface area (Å²) in [6, 6.07) is 4.89. The molecular weight excluding hydrogens is 276 g/mol. The van der Waals surface area contributed by atoms with Crippen LogP contribution in [-0.4, -0.2) is 26.7 Å². The lowest BCUT2D eigenvalue weighted by atomic mass is 10.0. The highest BCUT2D eigenvalue weighted by molar-refractivity contribution is 7.89. The third-order valence-corrected chi connectivity index (χ3v) is 4.75.